The fourth-order valence-corrected chi connectivity index (χ4v) is 4.17. The van der Waals surface area contributed by atoms with Crippen molar-refractivity contribution in [3.8, 4) is 0 Å². The van der Waals surface area contributed by atoms with Crippen LogP contribution in [0.3, 0.4) is 0 Å². The van der Waals surface area contributed by atoms with Gasteiger partial charge in [-0.25, -0.2) is 4.68 Å². The fraction of sp³-hybridized carbons (Fsp3) is 0.333. The third-order valence-corrected chi connectivity index (χ3v) is 5.22. The van der Waals surface area contributed by atoms with Gasteiger partial charge in [-0.3, -0.25) is 0 Å². The van der Waals surface area contributed by atoms with Crippen LogP contribution in [-0.4, -0.2) is 20.6 Å². The van der Waals surface area contributed by atoms with Crippen LogP contribution in [0.5, 0.6) is 0 Å². The first kappa shape index (κ1) is 10.6. The summed E-state index contributed by atoms with van der Waals surface area (Å²) in [4.78, 5) is 1.33. The van der Waals surface area contributed by atoms with Crippen molar-refractivity contribution in [1.82, 2.24) is 14.9 Å². The zero-order valence-electron chi connectivity index (χ0n) is 8.48. The third-order valence-electron chi connectivity index (χ3n) is 2.39. The minimum atomic E-state index is 0.337. The maximum atomic E-state index is 4.10. The van der Waals surface area contributed by atoms with Gasteiger partial charge in [0.2, 0.25) is 5.16 Å². The van der Waals surface area contributed by atoms with Crippen LogP contribution in [0.15, 0.2) is 21.1 Å². The Morgan fingerprint density at radius 3 is 3.19 bits per heavy atom. The maximum Gasteiger partial charge on any atom is 0.210 e. The molecule has 1 atom stereocenters. The average molecular weight is 317 g/mol. The second-order valence-corrected chi connectivity index (χ2v) is 6.37. The van der Waals surface area contributed by atoms with Gasteiger partial charge in [0.1, 0.15) is 5.82 Å². The van der Waals surface area contributed by atoms with Crippen molar-refractivity contribution in [3.05, 3.63) is 26.6 Å². The monoisotopic (exact) mass is 316 g/mol. The number of aryl methyl sites for hydroxylation is 1. The van der Waals surface area contributed by atoms with Crippen LogP contribution in [0, 0.1) is 6.92 Å². The smallest absolute Gasteiger partial charge is 0.210 e. The molecular weight excluding hydrogens is 308 g/mol. The van der Waals surface area contributed by atoms with E-state index in [1.165, 1.54) is 4.88 Å². The van der Waals surface area contributed by atoms with Gasteiger partial charge in [0, 0.05) is 20.5 Å². The normalized spacial score (nSPS) is 19.2. The largest absolute Gasteiger partial charge is 0.313 e. The second kappa shape index (κ2) is 4.05. The van der Waals surface area contributed by atoms with Gasteiger partial charge in [0.25, 0.3) is 0 Å². The van der Waals surface area contributed by atoms with Gasteiger partial charge in [-0.2, -0.15) is 0 Å². The van der Waals surface area contributed by atoms with E-state index in [0.29, 0.717) is 6.04 Å². The summed E-state index contributed by atoms with van der Waals surface area (Å²) in [5, 5.41) is 11.2. The zero-order valence-corrected chi connectivity index (χ0v) is 11.7. The first-order chi connectivity index (χ1) is 7.74. The number of hydrogen-bond acceptors (Lipinski definition) is 5. The van der Waals surface area contributed by atoms with Gasteiger partial charge in [-0.05, 0) is 28.9 Å². The van der Waals surface area contributed by atoms with Crippen LogP contribution >= 0.6 is 39.0 Å². The second-order valence-electron chi connectivity index (χ2n) is 3.53. The molecule has 7 heteroatoms. The molecular formula is C9H9BrN4S2. The van der Waals surface area contributed by atoms with E-state index in [1.807, 2.05) is 11.6 Å². The molecule has 3 heterocycles. The molecule has 0 saturated heterocycles. The Hall–Kier alpha value is -0.530. The summed E-state index contributed by atoms with van der Waals surface area (Å²) in [6.45, 7) is 1.96. The van der Waals surface area contributed by atoms with Crippen LogP contribution in [0.4, 0.5) is 0 Å². The highest BCUT2D eigenvalue weighted by Crippen LogP contribution is 2.33. The molecule has 2 aromatic heterocycles. The number of nitrogens with one attached hydrogen (secondary N) is 1. The minimum Gasteiger partial charge on any atom is -0.313 e. The van der Waals surface area contributed by atoms with Crippen LogP contribution in [0.25, 0.3) is 0 Å². The van der Waals surface area contributed by atoms with E-state index in [4.69, 9.17) is 0 Å². The van der Waals surface area contributed by atoms with Crippen LogP contribution in [0.1, 0.15) is 16.7 Å². The summed E-state index contributed by atoms with van der Waals surface area (Å²) in [6.07, 6.45) is 0. The van der Waals surface area contributed by atoms with E-state index in [0.717, 1.165) is 21.2 Å². The predicted octanol–water partition coefficient (Wildman–Crippen LogP) is 2.80. The molecule has 1 unspecified atom stereocenters. The highest BCUT2D eigenvalue weighted by molar-refractivity contribution is 9.10. The van der Waals surface area contributed by atoms with E-state index in [9.17, 15) is 0 Å². The molecule has 2 aromatic rings. The van der Waals surface area contributed by atoms with Gasteiger partial charge >= 0.3 is 0 Å². The number of rotatable bonds is 1. The van der Waals surface area contributed by atoms with Crippen molar-refractivity contribution in [2.24, 2.45) is 0 Å². The van der Waals surface area contributed by atoms with Crippen LogP contribution in [-0.2, 0) is 0 Å². The van der Waals surface area contributed by atoms with Gasteiger partial charge in [0.15, 0.2) is 0 Å². The van der Waals surface area contributed by atoms with Crippen molar-refractivity contribution < 1.29 is 0 Å². The first-order valence-corrected chi connectivity index (χ1v) is 7.45. The summed E-state index contributed by atoms with van der Waals surface area (Å²) >= 11 is 6.98. The van der Waals surface area contributed by atoms with Crippen molar-refractivity contribution in [1.29, 1.82) is 0 Å². The van der Waals surface area contributed by atoms with E-state index < -0.39 is 0 Å². The molecule has 3 rings (SSSR count). The van der Waals surface area contributed by atoms with Gasteiger partial charge in [0.05, 0.1) is 6.04 Å². The van der Waals surface area contributed by atoms with Crippen molar-refractivity contribution in [2.75, 3.05) is 11.2 Å². The molecule has 0 amide bonds. The molecule has 0 aliphatic carbocycles. The fourth-order valence-electron chi connectivity index (χ4n) is 1.59. The highest BCUT2D eigenvalue weighted by Gasteiger charge is 2.23. The Kier molecular flexibility index (Phi) is 2.68. The van der Waals surface area contributed by atoms with E-state index in [-0.39, 0.29) is 0 Å². The lowest BCUT2D eigenvalue weighted by molar-refractivity contribution is 0.652. The van der Waals surface area contributed by atoms with Gasteiger partial charge in [-0.1, -0.05) is 11.8 Å². The Labute approximate surface area is 110 Å². The van der Waals surface area contributed by atoms with E-state index >= 15 is 0 Å². The van der Waals surface area contributed by atoms with Crippen LogP contribution < -0.4 is 5.43 Å². The molecule has 0 fully saturated rings. The molecule has 16 heavy (non-hydrogen) atoms. The van der Waals surface area contributed by atoms with Crippen molar-refractivity contribution >= 4 is 39.0 Å². The average Bonchev–Trinajstić information content (AvgIpc) is 2.86. The topological polar surface area (TPSA) is 42.7 Å². The SMILES string of the molecule is Cc1nnc2n1NC(c1cc(Br)cs1)CS2. The zero-order chi connectivity index (χ0) is 11.1. The van der Waals surface area contributed by atoms with Gasteiger partial charge in [-0.15, -0.1) is 21.5 Å². The Bertz CT molecular complexity index is 521. The minimum absolute atomic E-state index is 0.337. The van der Waals surface area contributed by atoms with Crippen molar-refractivity contribution in [3.63, 3.8) is 0 Å². The van der Waals surface area contributed by atoms with Crippen LogP contribution in [0.2, 0.25) is 0 Å². The number of nitrogens with zero attached hydrogens (tertiary/aromatic N) is 3. The molecule has 0 aromatic carbocycles. The lowest BCUT2D eigenvalue weighted by atomic mass is 10.3. The number of thiophene rings is 1. The number of aromatic nitrogens is 3. The standard InChI is InChI=1S/C9H9BrN4S2/c1-5-11-12-9-14(5)13-7(4-16-9)8-2-6(10)3-15-8/h2-3,7,13H,4H2,1H3. The number of thioether (sulfide) groups is 1. The molecule has 1 N–H and O–H groups in total. The molecule has 1 aliphatic rings. The Morgan fingerprint density at radius 1 is 1.56 bits per heavy atom. The quantitative estimate of drug-likeness (QED) is 0.878. The molecule has 84 valence electrons. The van der Waals surface area contributed by atoms with E-state index in [1.54, 1.807) is 23.1 Å². The molecule has 0 bridgehead atoms. The summed E-state index contributed by atoms with van der Waals surface area (Å²) in [5.74, 6) is 1.90. The summed E-state index contributed by atoms with van der Waals surface area (Å²) in [7, 11) is 0. The maximum absolute atomic E-state index is 4.10. The lowest BCUT2D eigenvalue weighted by Gasteiger charge is -2.24. The lowest BCUT2D eigenvalue weighted by Crippen LogP contribution is -2.27. The first-order valence-electron chi connectivity index (χ1n) is 4.79. The van der Waals surface area contributed by atoms with Gasteiger partial charge < -0.3 is 5.43 Å². The number of halogens is 1. The predicted molar refractivity (Wildman–Crippen MR) is 69.6 cm³/mol. The number of hydrogen-bond donors (Lipinski definition) is 1. The Morgan fingerprint density at radius 2 is 2.44 bits per heavy atom. The molecule has 0 radical (unpaired) electrons. The molecule has 0 spiro atoms. The molecule has 0 saturated carbocycles. The summed E-state index contributed by atoms with van der Waals surface area (Å²) < 4.78 is 3.11. The molecule has 4 nitrogen and oxygen atoms in total. The number of fused-ring (bicyclic) bond motifs is 1. The van der Waals surface area contributed by atoms with Crippen molar-refractivity contribution in [2.45, 2.75) is 18.1 Å². The molecule has 1 aliphatic heterocycles. The third kappa shape index (κ3) is 1.76. The summed E-state index contributed by atoms with van der Waals surface area (Å²) in [5.41, 5.74) is 3.44. The summed E-state index contributed by atoms with van der Waals surface area (Å²) in [6, 6.07) is 2.50. The highest BCUT2D eigenvalue weighted by atomic mass is 79.9. The Balaban J connectivity index is 1.90. The van der Waals surface area contributed by atoms with E-state index in [2.05, 4.69) is 43.0 Å².